The highest BCUT2D eigenvalue weighted by Crippen LogP contribution is 2.30. The zero-order valence-electron chi connectivity index (χ0n) is 14.8. The van der Waals surface area contributed by atoms with Crippen molar-refractivity contribution >= 4 is 53.7 Å². The topological polar surface area (TPSA) is 45.2 Å². The van der Waals surface area contributed by atoms with Crippen LogP contribution in [0.1, 0.15) is 28.2 Å². The van der Waals surface area contributed by atoms with Gasteiger partial charge in [-0.05, 0) is 51.4 Å². The highest BCUT2D eigenvalue weighted by Gasteiger charge is 2.27. The van der Waals surface area contributed by atoms with Crippen LogP contribution in [0.2, 0.25) is 5.02 Å². The number of halogens is 3. The van der Waals surface area contributed by atoms with Gasteiger partial charge in [0.25, 0.3) is 5.91 Å². The Labute approximate surface area is 176 Å². The number of hydrogen-bond donors (Lipinski definition) is 1. The van der Waals surface area contributed by atoms with Gasteiger partial charge >= 0.3 is 0 Å². The van der Waals surface area contributed by atoms with Crippen LogP contribution in [0.25, 0.3) is 10.6 Å². The second-order valence-corrected chi connectivity index (χ2v) is 7.69. The number of carbonyl (C=O) groups is 1. The van der Waals surface area contributed by atoms with E-state index >= 15 is 0 Å². The molecule has 2 heterocycles. The van der Waals surface area contributed by atoms with Crippen LogP contribution >= 0.6 is 47.8 Å². The molecule has 1 aromatic carbocycles. The van der Waals surface area contributed by atoms with Gasteiger partial charge < -0.3 is 10.2 Å². The number of benzene rings is 1. The minimum absolute atomic E-state index is 0. The molecule has 0 radical (unpaired) electrons. The van der Waals surface area contributed by atoms with Gasteiger partial charge in [0.05, 0.1) is 5.69 Å². The maximum atomic E-state index is 12.9. The van der Waals surface area contributed by atoms with Crippen LogP contribution in [-0.4, -0.2) is 42.5 Å². The molecule has 1 aromatic heterocycles. The Morgan fingerprint density at radius 3 is 2.69 bits per heavy atom. The third-order valence-corrected chi connectivity index (χ3v) is 5.83. The summed E-state index contributed by atoms with van der Waals surface area (Å²) in [5, 5.41) is 4.79. The van der Waals surface area contributed by atoms with Crippen LogP contribution in [0.3, 0.4) is 0 Å². The second-order valence-electron chi connectivity index (χ2n) is 6.26. The van der Waals surface area contributed by atoms with E-state index in [9.17, 15) is 4.79 Å². The Kier molecular flexibility index (Phi) is 9.34. The molecule has 4 nitrogen and oxygen atoms in total. The van der Waals surface area contributed by atoms with Crippen molar-refractivity contribution in [2.45, 2.75) is 19.8 Å². The Hall–Kier alpha value is -0.850. The minimum Gasteiger partial charge on any atom is -0.338 e. The molecular formula is C18H24Cl3N3OS. The summed E-state index contributed by atoms with van der Waals surface area (Å²) in [5.41, 5.74) is 1.81. The molecule has 0 aliphatic carbocycles. The van der Waals surface area contributed by atoms with Crippen molar-refractivity contribution in [3.63, 3.8) is 0 Å². The lowest BCUT2D eigenvalue weighted by Gasteiger charge is -2.32. The molecule has 1 saturated heterocycles. The molecular weight excluding hydrogens is 413 g/mol. The number of piperidine rings is 1. The summed E-state index contributed by atoms with van der Waals surface area (Å²) in [6, 6.07) is 7.58. The number of aryl methyl sites for hydroxylation is 1. The fourth-order valence-corrected chi connectivity index (χ4v) is 4.32. The van der Waals surface area contributed by atoms with Gasteiger partial charge in [0.1, 0.15) is 9.88 Å². The van der Waals surface area contributed by atoms with Crippen molar-refractivity contribution in [3.05, 3.63) is 39.9 Å². The van der Waals surface area contributed by atoms with Crippen molar-refractivity contribution in [2.24, 2.45) is 5.92 Å². The molecule has 144 valence electrons. The maximum absolute atomic E-state index is 12.9. The molecule has 0 saturated carbocycles. The van der Waals surface area contributed by atoms with Crippen molar-refractivity contribution in [1.29, 1.82) is 0 Å². The van der Waals surface area contributed by atoms with Gasteiger partial charge in [-0.3, -0.25) is 4.79 Å². The zero-order valence-corrected chi connectivity index (χ0v) is 18.0. The molecule has 1 N–H and O–H groups in total. The molecule has 1 atom stereocenters. The lowest BCUT2D eigenvalue weighted by molar-refractivity contribution is 0.0678. The molecule has 3 rings (SSSR count). The quantitative estimate of drug-likeness (QED) is 0.756. The number of nitrogens with one attached hydrogen (secondary N) is 1. The fourth-order valence-electron chi connectivity index (χ4n) is 3.16. The van der Waals surface area contributed by atoms with E-state index < -0.39 is 0 Å². The van der Waals surface area contributed by atoms with E-state index in [4.69, 9.17) is 11.6 Å². The molecule has 1 unspecified atom stereocenters. The highest BCUT2D eigenvalue weighted by atomic mass is 35.5. The molecule has 1 aliphatic rings. The van der Waals surface area contributed by atoms with Gasteiger partial charge in [0, 0.05) is 23.7 Å². The summed E-state index contributed by atoms with van der Waals surface area (Å²) in [7, 11) is 1.96. The Bertz CT molecular complexity index is 719. The first kappa shape index (κ1) is 23.2. The Morgan fingerprint density at radius 2 is 2.04 bits per heavy atom. The summed E-state index contributed by atoms with van der Waals surface area (Å²) in [6.07, 6.45) is 2.25. The van der Waals surface area contributed by atoms with Crippen LogP contribution in [0, 0.1) is 12.8 Å². The summed E-state index contributed by atoms with van der Waals surface area (Å²) in [5.74, 6) is 0.655. The third-order valence-electron chi connectivity index (χ3n) is 4.38. The average Bonchev–Trinajstić information content (AvgIpc) is 2.97. The first-order chi connectivity index (χ1) is 11.6. The SMILES string of the molecule is CNCC1CCCN(C(=O)c2sc(-c3ccc(Cl)cc3)nc2C)C1.Cl.Cl. The second kappa shape index (κ2) is 10.5. The lowest BCUT2D eigenvalue weighted by Crippen LogP contribution is -2.42. The number of likely N-dealkylation sites (tertiary alicyclic amines) is 1. The van der Waals surface area contributed by atoms with Gasteiger partial charge in [-0.15, -0.1) is 36.2 Å². The zero-order chi connectivity index (χ0) is 17.1. The molecule has 0 bridgehead atoms. The maximum Gasteiger partial charge on any atom is 0.265 e. The first-order valence-electron chi connectivity index (χ1n) is 8.25. The smallest absolute Gasteiger partial charge is 0.265 e. The van der Waals surface area contributed by atoms with E-state index in [1.165, 1.54) is 17.8 Å². The number of nitrogens with zero attached hydrogens (tertiary/aromatic N) is 2. The summed E-state index contributed by atoms with van der Waals surface area (Å²) < 4.78 is 0. The van der Waals surface area contributed by atoms with Crippen LogP contribution in [0.5, 0.6) is 0 Å². The van der Waals surface area contributed by atoms with Gasteiger partial charge in [-0.2, -0.15) is 0 Å². The minimum atomic E-state index is 0. The normalized spacial score (nSPS) is 16.6. The number of rotatable bonds is 4. The van der Waals surface area contributed by atoms with Gasteiger partial charge in [0.15, 0.2) is 0 Å². The van der Waals surface area contributed by atoms with Gasteiger partial charge in [-0.25, -0.2) is 4.98 Å². The van der Waals surface area contributed by atoms with Gasteiger partial charge in [-0.1, -0.05) is 23.7 Å². The monoisotopic (exact) mass is 435 g/mol. The van der Waals surface area contributed by atoms with E-state index in [0.717, 1.165) is 47.2 Å². The van der Waals surface area contributed by atoms with E-state index in [-0.39, 0.29) is 30.7 Å². The van der Waals surface area contributed by atoms with E-state index in [2.05, 4.69) is 10.3 Å². The van der Waals surface area contributed by atoms with Crippen LogP contribution in [-0.2, 0) is 0 Å². The molecule has 1 amide bonds. The van der Waals surface area contributed by atoms with Crippen molar-refractivity contribution in [1.82, 2.24) is 15.2 Å². The predicted octanol–water partition coefficient (Wildman–Crippen LogP) is 4.69. The molecule has 1 fully saturated rings. The highest BCUT2D eigenvalue weighted by molar-refractivity contribution is 7.17. The summed E-state index contributed by atoms with van der Waals surface area (Å²) in [4.78, 5) is 20.3. The summed E-state index contributed by atoms with van der Waals surface area (Å²) >= 11 is 7.42. The molecule has 2 aromatic rings. The first-order valence-corrected chi connectivity index (χ1v) is 9.45. The number of aromatic nitrogens is 1. The number of hydrogen-bond acceptors (Lipinski definition) is 4. The molecule has 8 heteroatoms. The van der Waals surface area contributed by atoms with Crippen molar-refractivity contribution in [3.8, 4) is 10.6 Å². The predicted molar refractivity (Wildman–Crippen MR) is 114 cm³/mol. The van der Waals surface area contributed by atoms with Crippen LogP contribution in [0.15, 0.2) is 24.3 Å². The lowest BCUT2D eigenvalue weighted by atomic mass is 9.98. The number of thiazole rings is 1. The van der Waals surface area contributed by atoms with E-state index in [0.29, 0.717) is 10.9 Å². The Morgan fingerprint density at radius 1 is 1.35 bits per heavy atom. The van der Waals surface area contributed by atoms with Crippen molar-refractivity contribution in [2.75, 3.05) is 26.7 Å². The fraction of sp³-hybridized carbons (Fsp3) is 0.444. The number of carbonyl (C=O) groups excluding carboxylic acids is 1. The number of amides is 1. The van der Waals surface area contributed by atoms with Gasteiger partial charge in [0.2, 0.25) is 0 Å². The van der Waals surface area contributed by atoms with Crippen LogP contribution in [0.4, 0.5) is 0 Å². The molecule has 0 spiro atoms. The Balaban J connectivity index is 0.00000169. The largest absolute Gasteiger partial charge is 0.338 e. The van der Waals surface area contributed by atoms with Crippen LogP contribution < -0.4 is 5.32 Å². The van der Waals surface area contributed by atoms with E-state index in [1.54, 1.807) is 0 Å². The van der Waals surface area contributed by atoms with Crippen molar-refractivity contribution < 1.29 is 4.79 Å². The molecule has 1 aliphatic heterocycles. The standard InChI is InChI=1S/C18H22ClN3OS.2ClH/c1-12-16(18(23)22-9-3-4-13(11-22)10-20-2)24-17(21-12)14-5-7-15(19)8-6-14;;/h5-8,13,20H,3-4,9-11H2,1-2H3;2*1H. The molecule has 26 heavy (non-hydrogen) atoms. The summed E-state index contributed by atoms with van der Waals surface area (Å²) in [6.45, 7) is 4.54. The third kappa shape index (κ3) is 5.33. The van der Waals surface area contributed by atoms with E-state index in [1.807, 2.05) is 43.1 Å². The average molecular weight is 437 g/mol.